The molecule has 0 radical (unpaired) electrons. The van der Waals surface area contributed by atoms with Gasteiger partial charge in [0.1, 0.15) is 5.82 Å². The predicted molar refractivity (Wildman–Crippen MR) is 84.3 cm³/mol. The van der Waals surface area contributed by atoms with Crippen LogP contribution in [0.5, 0.6) is 0 Å². The maximum absolute atomic E-state index is 13.9. The highest BCUT2D eigenvalue weighted by Crippen LogP contribution is 2.24. The highest BCUT2D eigenvalue weighted by atomic mass is 35.5. The zero-order valence-electron chi connectivity index (χ0n) is 11.7. The molecular formula is C15H21ClFNOS. The second-order valence-electron chi connectivity index (χ2n) is 4.95. The first-order valence-corrected chi connectivity index (χ1v) is 8.61. The van der Waals surface area contributed by atoms with Crippen LogP contribution in [0.4, 0.5) is 4.39 Å². The van der Waals surface area contributed by atoms with E-state index >= 15 is 0 Å². The van der Waals surface area contributed by atoms with Crippen LogP contribution in [-0.2, 0) is 11.2 Å². The first-order valence-electron chi connectivity index (χ1n) is 7.08. The van der Waals surface area contributed by atoms with E-state index < -0.39 is 0 Å². The number of benzene rings is 1. The summed E-state index contributed by atoms with van der Waals surface area (Å²) in [4.78, 5) is 0. The minimum atomic E-state index is -0.232. The molecule has 1 aromatic carbocycles. The summed E-state index contributed by atoms with van der Waals surface area (Å²) in [5.41, 5.74) is 0.585. The molecule has 0 spiro atoms. The van der Waals surface area contributed by atoms with Crippen molar-refractivity contribution in [2.45, 2.75) is 31.9 Å². The van der Waals surface area contributed by atoms with E-state index in [4.69, 9.17) is 16.3 Å². The number of ether oxygens (including phenoxy) is 1. The molecule has 1 fully saturated rings. The lowest BCUT2D eigenvalue weighted by Gasteiger charge is -2.31. The number of rotatable bonds is 6. The van der Waals surface area contributed by atoms with Gasteiger partial charge in [0.25, 0.3) is 0 Å². The maximum atomic E-state index is 13.9. The quantitative estimate of drug-likeness (QED) is 0.867. The van der Waals surface area contributed by atoms with Crippen molar-refractivity contribution in [3.8, 4) is 0 Å². The Labute approximate surface area is 129 Å². The summed E-state index contributed by atoms with van der Waals surface area (Å²) < 4.78 is 19.8. The zero-order chi connectivity index (χ0) is 14.4. The van der Waals surface area contributed by atoms with Gasteiger partial charge in [0, 0.05) is 28.1 Å². The maximum Gasteiger partial charge on any atom is 0.127 e. The van der Waals surface area contributed by atoms with Gasteiger partial charge in [-0.2, -0.15) is 11.8 Å². The molecule has 0 amide bonds. The molecule has 0 saturated carbocycles. The van der Waals surface area contributed by atoms with Gasteiger partial charge in [-0.1, -0.05) is 24.6 Å². The molecule has 20 heavy (non-hydrogen) atoms. The van der Waals surface area contributed by atoms with Crippen molar-refractivity contribution in [2.75, 3.05) is 24.7 Å². The Hall–Kier alpha value is -0.290. The predicted octanol–water partition coefficient (Wildman–Crippen LogP) is 3.52. The molecule has 1 heterocycles. The topological polar surface area (TPSA) is 21.3 Å². The summed E-state index contributed by atoms with van der Waals surface area (Å²) in [7, 11) is 0. The van der Waals surface area contributed by atoms with Crippen LogP contribution >= 0.6 is 23.4 Å². The van der Waals surface area contributed by atoms with Gasteiger partial charge in [0.05, 0.1) is 12.7 Å². The van der Waals surface area contributed by atoms with Crippen molar-refractivity contribution in [2.24, 2.45) is 0 Å². The highest BCUT2D eigenvalue weighted by Gasteiger charge is 2.26. The van der Waals surface area contributed by atoms with Crippen molar-refractivity contribution < 1.29 is 9.13 Å². The largest absolute Gasteiger partial charge is 0.375 e. The molecule has 112 valence electrons. The lowest BCUT2D eigenvalue weighted by Crippen LogP contribution is -2.46. The van der Waals surface area contributed by atoms with Gasteiger partial charge in [0.2, 0.25) is 0 Å². The standard InChI is InChI=1S/C15H21ClFNOS/c1-2-6-18-14(15-10-20-8-7-19-15)9-11-12(16)4-3-5-13(11)17/h3-5,14-15,18H,2,6-10H2,1H3. The fourth-order valence-corrected chi connectivity index (χ4v) is 3.53. The van der Waals surface area contributed by atoms with Crippen LogP contribution < -0.4 is 5.32 Å². The SMILES string of the molecule is CCCNC(Cc1c(F)cccc1Cl)C1CSCCO1. The Bertz CT molecular complexity index is 406. The first kappa shape index (κ1) is 16.1. The van der Waals surface area contributed by atoms with Crippen molar-refractivity contribution in [3.05, 3.63) is 34.6 Å². The van der Waals surface area contributed by atoms with Crippen molar-refractivity contribution in [1.29, 1.82) is 0 Å². The summed E-state index contributed by atoms with van der Waals surface area (Å²) in [6, 6.07) is 4.96. The van der Waals surface area contributed by atoms with Gasteiger partial charge >= 0.3 is 0 Å². The molecule has 2 unspecified atom stereocenters. The molecule has 0 aliphatic carbocycles. The monoisotopic (exact) mass is 317 g/mol. The molecule has 1 aromatic rings. The highest BCUT2D eigenvalue weighted by molar-refractivity contribution is 7.99. The first-order chi connectivity index (χ1) is 9.72. The molecule has 0 aromatic heterocycles. The minimum Gasteiger partial charge on any atom is -0.375 e. The number of hydrogen-bond acceptors (Lipinski definition) is 3. The van der Waals surface area contributed by atoms with Gasteiger partial charge in [-0.05, 0) is 31.5 Å². The fourth-order valence-electron chi connectivity index (χ4n) is 2.35. The van der Waals surface area contributed by atoms with E-state index in [1.165, 1.54) is 6.07 Å². The lowest BCUT2D eigenvalue weighted by molar-refractivity contribution is 0.0470. The third kappa shape index (κ3) is 4.35. The lowest BCUT2D eigenvalue weighted by atomic mass is 10.0. The van der Waals surface area contributed by atoms with Crippen LogP contribution in [0, 0.1) is 5.82 Å². The van der Waals surface area contributed by atoms with Crippen LogP contribution in [-0.4, -0.2) is 36.8 Å². The molecule has 2 atom stereocenters. The molecule has 1 N–H and O–H groups in total. The Morgan fingerprint density at radius 2 is 2.40 bits per heavy atom. The Morgan fingerprint density at radius 1 is 1.55 bits per heavy atom. The van der Waals surface area contributed by atoms with Gasteiger partial charge < -0.3 is 10.1 Å². The average molecular weight is 318 g/mol. The Morgan fingerprint density at radius 3 is 3.05 bits per heavy atom. The van der Waals surface area contributed by atoms with Gasteiger partial charge in [-0.3, -0.25) is 0 Å². The summed E-state index contributed by atoms with van der Waals surface area (Å²) in [6.07, 6.45) is 1.73. The van der Waals surface area contributed by atoms with E-state index in [0.29, 0.717) is 17.0 Å². The summed E-state index contributed by atoms with van der Waals surface area (Å²) in [5, 5.41) is 3.98. The van der Waals surface area contributed by atoms with Crippen LogP contribution in [0.25, 0.3) is 0 Å². The Balaban J connectivity index is 2.09. The molecule has 1 aliphatic rings. The van der Waals surface area contributed by atoms with E-state index in [0.717, 1.165) is 31.1 Å². The molecule has 5 heteroatoms. The smallest absolute Gasteiger partial charge is 0.127 e. The van der Waals surface area contributed by atoms with E-state index in [9.17, 15) is 4.39 Å². The third-order valence-corrected chi connectivity index (χ3v) is 4.81. The van der Waals surface area contributed by atoms with Crippen molar-refractivity contribution >= 4 is 23.4 Å². The number of nitrogens with one attached hydrogen (secondary N) is 1. The molecule has 1 aliphatic heterocycles. The second kappa shape index (κ2) is 8.23. The van der Waals surface area contributed by atoms with E-state index in [1.807, 2.05) is 11.8 Å². The van der Waals surface area contributed by atoms with Gasteiger partial charge in [0.15, 0.2) is 0 Å². The summed E-state index contributed by atoms with van der Waals surface area (Å²) >= 11 is 8.02. The van der Waals surface area contributed by atoms with Crippen LogP contribution in [0.3, 0.4) is 0 Å². The van der Waals surface area contributed by atoms with Crippen molar-refractivity contribution in [3.63, 3.8) is 0 Å². The van der Waals surface area contributed by atoms with Crippen molar-refractivity contribution in [1.82, 2.24) is 5.32 Å². The van der Waals surface area contributed by atoms with Gasteiger partial charge in [-0.25, -0.2) is 4.39 Å². The second-order valence-corrected chi connectivity index (χ2v) is 6.51. The molecular weight excluding hydrogens is 297 g/mol. The zero-order valence-corrected chi connectivity index (χ0v) is 13.3. The normalized spacial score (nSPS) is 20.9. The fraction of sp³-hybridized carbons (Fsp3) is 0.600. The Kier molecular flexibility index (Phi) is 6.62. The van der Waals surface area contributed by atoms with E-state index in [2.05, 4.69) is 12.2 Å². The number of halogens is 2. The summed E-state index contributed by atoms with van der Waals surface area (Å²) in [5.74, 6) is 1.76. The minimum absolute atomic E-state index is 0.108. The van der Waals surface area contributed by atoms with Crippen LogP contribution in [0.15, 0.2) is 18.2 Å². The van der Waals surface area contributed by atoms with Crippen LogP contribution in [0.1, 0.15) is 18.9 Å². The molecule has 1 saturated heterocycles. The van der Waals surface area contributed by atoms with Crippen LogP contribution in [0.2, 0.25) is 5.02 Å². The van der Waals surface area contributed by atoms with E-state index in [-0.39, 0.29) is 18.0 Å². The third-order valence-electron chi connectivity index (χ3n) is 3.43. The molecule has 2 rings (SSSR count). The molecule has 0 bridgehead atoms. The van der Waals surface area contributed by atoms with E-state index in [1.54, 1.807) is 12.1 Å². The molecule has 2 nitrogen and oxygen atoms in total. The summed E-state index contributed by atoms with van der Waals surface area (Å²) in [6.45, 7) is 3.79. The number of thioether (sulfide) groups is 1. The average Bonchev–Trinajstić information content (AvgIpc) is 2.47. The van der Waals surface area contributed by atoms with Gasteiger partial charge in [-0.15, -0.1) is 0 Å². The number of hydrogen-bond donors (Lipinski definition) is 1.